The van der Waals surface area contributed by atoms with Crippen LogP contribution in [0, 0.1) is 0 Å². The van der Waals surface area contributed by atoms with E-state index in [0.717, 1.165) is 0 Å². The number of nitrogens with zero attached hydrogens (tertiary/aromatic N) is 2. The number of halogens is 3. The second-order valence-corrected chi connectivity index (χ2v) is 11.4. The Morgan fingerprint density at radius 2 is 1.83 bits per heavy atom. The Hall–Kier alpha value is -1.45. The lowest BCUT2D eigenvalue weighted by Gasteiger charge is -2.26. The van der Waals surface area contributed by atoms with Crippen molar-refractivity contribution in [2.75, 3.05) is 27.5 Å². The molecule has 0 aromatic heterocycles. The van der Waals surface area contributed by atoms with Crippen LogP contribution in [0.3, 0.4) is 0 Å². The molecule has 0 unspecified atom stereocenters. The molecule has 6 nitrogen and oxygen atoms in total. The molecule has 2 atom stereocenters. The summed E-state index contributed by atoms with van der Waals surface area (Å²) in [4.78, 5) is 18.8. The van der Waals surface area contributed by atoms with E-state index in [1.165, 1.54) is 11.8 Å². The van der Waals surface area contributed by atoms with Crippen molar-refractivity contribution in [1.82, 2.24) is 0 Å². The topological polar surface area (TPSA) is 78.8 Å². The fourth-order valence-electron chi connectivity index (χ4n) is 3.51. The largest absolute Gasteiger partial charge is 0.325 e. The van der Waals surface area contributed by atoms with Gasteiger partial charge in [-0.25, -0.2) is 8.42 Å². The van der Waals surface area contributed by atoms with Crippen LogP contribution in [0.4, 0.5) is 11.4 Å². The first-order valence-corrected chi connectivity index (χ1v) is 12.9. The first kappa shape index (κ1) is 21.8. The number of hydrogen-bond acceptors (Lipinski definition) is 6. The quantitative estimate of drug-likeness (QED) is 0.669. The first-order valence-electron chi connectivity index (χ1n) is 8.92. The highest BCUT2D eigenvalue weighted by atomic mass is 35.5. The summed E-state index contributed by atoms with van der Waals surface area (Å²) in [6.07, 6.45) is 0. The lowest BCUT2D eigenvalue weighted by Crippen LogP contribution is -2.39. The molecule has 0 saturated carbocycles. The van der Waals surface area contributed by atoms with E-state index >= 15 is 0 Å². The zero-order valence-corrected chi connectivity index (χ0v) is 19.3. The van der Waals surface area contributed by atoms with E-state index in [1.54, 1.807) is 42.5 Å². The maximum absolute atomic E-state index is 12.4. The SMILES string of the molecule is O=C(CSC1=N[C@@H]2CS(=O)(=O)C[C@@H]2N1c1cc(Cl)cc(Cl)c1)Nc1cccc(Cl)c1. The van der Waals surface area contributed by atoms with Crippen molar-refractivity contribution >= 4 is 78.9 Å². The van der Waals surface area contributed by atoms with Crippen LogP contribution in [-0.4, -0.2) is 48.8 Å². The summed E-state index contributed by atoms with van der Waals surface area (Å²) in [7, 11) is -3.18. The molecule has 30 heavy (non-hydrogen) atoms. The highest BCUT2D eigenvalue weighted by molar-refractivity contribution is 8.14. The minimum absolute atomic E-state index is 0.00985. The molecular weight excluding hydrogens is 489 g/mol. The predicted molar refractivity (Wildman–Crippen MR) is 125 cm³/mol. The van der Waals surface area contributed by atoms with Gasteiger partial charge in [0.1, 0.15) is 0 Å². The van der Waals surface area contributed by atoms with Gasteiger partial charge in [0.25, 0.3) is 0 Å². The Labute approximate surface area is 193 Å². The molecule has 0 spiro atoms. The minimum Gasteiger partial charge on any atom is -0.325 e. The summed E-state index contributed by atoms with van der Waals surface area (Å²) in [5, 5.41) is 4.75. The standard InChI is InChI=1S/C19H16Cl3N3O3S2/c20-11-2-1-3-14(5-11)23-18(26)8-29-19-24-16-9-30(27,28)10-17(16)25(19)15-6-12(21)4-13(22)7-15/h1-7,16-17H,8-10H2,(H,23,26)/t16-,17+/m1/s1. The summed E-state index contributed by atoms with van der Waals surface area (Å²) in [5.41, 5.74) is 1.25. The zero-order chi connectivity index (χ0) is 21.5. The van der Waals surface area contributed by atoms with Gasteiger partial charge in [-0.3, -0.25) is 9.79 Å². The Kier molecular flexibility index (Phi) is 6.23. The van der Waals surface area contributed by atoms with Gasteiger partial charge in [0.15, 0.2) is 15.0 Å². The molecule has 0 bridgehead atoms. The third-order valence-electron chi connectivity index (χ3n) is 4.67. The fraction of sp³-hybridized carbons (Fsp3) is 0.263. The maximum atomic E-state index is 12.4. The molecule has 0 radical (unpaired) electrons. The van der Waals surface area contributed by atoms with E-state index in [0.29, 0.717) is 31.6 Å². The summed E-state index contributed by atoms with van der Waals surface area (Å²) >= 11 is 19.5. The van der Waals surface area contributed by atoms with E-state index < -0.39 is 9.84 Å². The normalized spacial score (nSPS) is 22.0. The Balaban J connectivity index is 1.53. The summed E-state index contributed by atoms with van der Waals surface area (Å²) in [6, 6.07) is 11.2. The first-order chi connectivity index (χ1) is 14.2. The van der Waals surface area contributed by atoms with Crippen LogP contribution in [-0.2, 0) is 14.6 Å². The van der Waals surface area contributed by atoms with E-state index in [-0.39, 0.29) is 35.2 Å². The van der Waals surface area contributed by atoms with Crippen molar-refractivity contribution in [3.63, 3.8) is 0 Å². The number of hydrogen-bond donors (Lipinski definition) is 1. The predicted octanol–water partition coefficient (Wildman–Crippen LogP) is 4.36. The molecule has 2 heterocycles. The molecule has 2 aromatic carbocycles. The average Bonchev–Trinajstić information content (AvgIpc) is 3.10. The second-order valence-electron chi connectivity index (χ2n) is 6.97. The molecule has 0 aliphatic carbocycles. The third-order valence-corrected chi connectivity index (χ3v) is 8.01. The van der Waals surface area contributed by atoms with E-state index in [9.17, 15) is 13.2 Å². The summed E-state index contributed by atoms with van der Waals surface area (Å²) < 4.78 is 24.3. The molecule has 1 saturated heterocycles. The molecule has 2 aliphatic rings. The van der Waals surface area contributed by atoms with Gasteiger partial charge in [-0.05, 0) is 36.4 Å². The number of amidine groups is 1. The van der Waals surface area contributed by atoms with Crippen molar-refractivity contribution in [3.05, 3.63) is 57.5 Å². The van der Waals surface area contributed by atoms with Crippen LogP contribution in [0.5, 0.6) is 0 Å². The Bertz CT molecular complexity index is 1120. The fourth-order valence-corrected chi connectivity index (χ4v) is 6.98. The van der Waals surface area contributed by atoms with Crippen molar-refractivity contribution in [3.8, 4) is 0 Å². The monoisotopic (exact) mass is 503 g/mol. The van der Waals surface area contributed by atoms with Gasteiger partial charge in [0, 0.05) is 26.4 Å². The number of carbonyl (C=O) groups is 1. The molecule has 1 fully saturated rings. The molecule has 11 heteroatoms. The van der Waals surface area contributed by atoms with Crippen LogP contribution >= 0.6 is 46.6 Å². The number of aliphatic imine (C=N–C) groups is 1. The average molecular weight is 505 g/mol. The smallest absolute Gasteiger partial charge is 0.234 e. The number of fused-ring (bicyclic) bond motifs is 1. The van der Waals surface area contributed by atoms with E-state index in [1.807, 2.05) is 4.90 Å². The highest BCUT2D eigenvalue weighted by Crippen LogP contribution is 2.37. The molecular formula is C19H16Cl3N3O3S2. The van der Waals surface area contributed by atoms with Crippen molar-refractivity contribution in [1.29, 1.82) is 0 Å². The minimum atomic E-state index is -3.18. The number of benzene rings is 2. The highest BCUT2D eigenvalue weighted by Gasteiger charge is 2.47. The number of anilines is 2. The van der Waals surface area contributed by atoms with Gasteiger partial charge < -0.3 is 10.2 Å². The van der Waals surface area contributed by atoms with Gasteiger partial charge in [-0.2, -0.15) is 0 Å². The van der Waals surface area contributed by atoms with Gasteiger partial charge in [-0.1, -0.05) is 52.6 Å². The Morgan fingerprint density at radius 3 is 2.53 bits per heavy atom. The van der Waals surface area contributed by atoms with Crippen molar-refractivity contribution in [2.24, 2.45) is 4.99 Å². The number of nitrogens with one attached hydrogen (secondary N) is 1. The van der Waals surface area contributed by atoms with Crippen LogP contribution < -0.4 is 10.2 Å². The molecule has 1 amide bonds. The zero-order valence-electron chi connectivity index (χ0n) is 15.4. The van der Waals surface area contributed by atoms with Crippen LogP contribution in [0.2, 0.25) is 15.1 Å². The van der Waals surface area contributed by atoms with Gasteiger partial charge in [0.05, 0.1) is 29.3 Å². The van der Waals surface area contributed by atoms with Crippen LogP contribution in [0.1, 0.15) is 0 Å². The molecule has 158 valence electrons. The molecule has 1 N–H and O–H groups in total. The lowest BCUT2D eigenvalue weighted by atomic mass is 10.1. The number of amides is 1. The third kappa shape index (κ3) is 4.89. The number of rotatable bonds is 4. The van der Waals surface area contributed by atoms with E-state index in [4.69, 9.17) is 34.8 Å². The lowest BCUT2D eigenvalue weighted by molar-refractivity contribution is -0.113. The van der Waals surface area contributed by atoms with Crippen molar-refractivity contribution < 1.29 is 13.2 Å². The van der Waals surface area contributed by atoms with E-state index in [2.05, 4.69) is 10.3 Å². The van der Waals surface area contributed by atoms with Crippen LogP contribution in [0.25, 0.3) is 0 Å². The maximum Gasteiger partial charge on any atom is 0.234 e. The molecule has 4 rings (SSSR count). The van der Waals surface area contributed by atoms with Gasteiger partial charge >= 0.3 is 0 Å². The van der Waals surface area contributed by atoms with Crippen molar-refractivity contribution in [2.45, 2.75) is 12.1 Å². The summed E-state index contributed by atoms with van der Waals surface area (Å²) in [5.74, 6) is -0.146. The van der Waals surface area contributed by atoms with Gasteiger partial charge in [-0.15, -0.1) is 0 Å². The number of carbonyl (C=O) groups excluding carboxylic acids is 1. The number of sulfone groups is 1. The molecule has 2 aliphatic heterocycles. The second kappa shape index (κ2) is 8.59. The molecule has 2 aromatic rings. The van der Waals surface area contributed by atoms with Gasteiger partial charge in [0.2, 0.25) is 5.91 Å². The van der Waals surface area contributed by atoms with Crippen LogP contribution in [0.15, 0.2) is 47.5 Å². The number of thioether (sulfide) groups is 1. The summed E-state index contributed by atoms with van der Waals surface area (Å²) in [6.45, 7) is 0. The Morgan fingerprint density at radius 1 is 1.10 bits per heavy atom.